The number of aliphatic hydroxyl groups is 1. The molecule has 3 N–H and O–H groups in total. The highest BCUT2D eigenvalue weighted by Gasteiger charge is 2.43. The van der Waals surface area contributed by atoms with E-state index < -0.39 is 28.1 Å². The van der Waals surface area contributed by atoms with E-state index in [1.54, 1.807) is 0 Å². The van der Waals surface area contributed by atoms with Crippen molar-refractivity contribution >= 4 is 15.9 Å². The predicted octanol–water partition coefficient (Wildman–Crippen LogP) is 5.93. The van der Waals surface area contributed by atoms with Gasteiger partial charge in [0, 0.05) is 37.7 Å². The number of nitrogens with one attached hydrogen (secondary N) is 2. The summed E-state index contributed by atoms with van der Waals surface area (Å²) in [4.78, 5) is 14.0. The van der Waals surface area contributed by atoms with Crippen molar-refractivity contribution in [2.45, 2.75) is 121 Å². The van der Waals surface area contributed by atoms with Gasteiger partial charge in [-0.05, 0) is 80.4 Å². The maximum atomic E-state index is 14.0. The fourth-order valence-electron chi connectivity index (χ4n) is 8.99. The van der Waals surface area contributed by atoms with Gasteiger partial charge in [0.1, 0.15) is 11.4 Å². The summed E-state index contributed by atoms with van der Waals surface area (Å²) in [6, 6.07) is 16.0. The van der Waals surface area contributed by atoms with Crippen LogP contribution in [0.25, 0.3) is 0 Å². The molecule has 2 aromatic rings. The summed E-state index contributed by atoms with van der Waals surface area (Å²) >= 11 is 0. The second-order valence-electron chi connectivity index (χ2n) is 15.4. The van der Waals surface area contributed by atoms with E-state index in [1.807, 2.05) is 30.3 Å². The molecule has 0 radical (unpaired) electrons. The van der Waals surface area contributed by atoms with E-state index in [0.717, 1.165) is 49.0 Å². The molecule has 264 valence electrons. The van der Waals surface area contributed by atoms with Crippen LogP contribution in [0.4, 0.5) is 0 Å². The number of hydrogen-bond donors (Lipinski definition) is 3. The lowest BCUT2D eigenvalue weighted by Gasteiger charge is -2.41. The van der Waals surface area contributed by atoms with E-state index >= 15 is 0 Å². The van der Waals surface area contributed by atoms with Crippen LogP contribution in [0.2, 0.25) is 0 Å². The van der Waals surface area contributed by atoms with Crippen molar-refractivity contribution in [1.82, 2.24) is 14.9 Å². The first-order valence-electron chi connectivity index (χ1n) is 18.6. The maximum absolute atomic E-state index is 14.0. The normalized spacial score (nSPS) is 26.0. The van der Waals surface area contributed by atoms with Crippen LogP contribution in [0, 0.1) is 17.8 Å². The van der Waals surface area contributed by atoms with Crippen molar-refractivity contribution in [3.8, 4) is 5.75 Å². The minimum Gasteiger partial charge on any atom is -0.487 e. The zero-order valence-electron chi connectivity index (χ0n) is 29.0. The van der Waals surface area contributed by atoms with Crippen LogP contribution in [-0.4, -0.2) is 67.4 Å². The van der Waals surface area contributed by atoms with Gasteiger partial charge in [-0.15, -0.1) is 0 Å². The highest BCUT2D eigenvalue weighted by Crippen LogP contribution is 2.47. The number of aliphatic hydroxyl groups excluding tert-OH is 1. The molecule has 5 atom stereocenters. The molecule has 6 rings (SSSR count). The second kappa shape index (κ2) is 15.6. The van der Waals surface area contributed by atoms with Gasteiger partial charge >= 0.3 is 0 Å². The molecule has 0 bridgehead atoms. The Bertz CT molecular complexity index is 1470. The number of carbonyl (C=O) groups is 1. The van der Waals surface area contributed by atoms with E-state index in [0.29, 0.717) is 31.8 Å². The molecule has 4 aliphatic rings. The van der Waals surface area contributed by atoms with Crippen molar-refractivity contribution in [3.05, 3.63) is 65.2 Å². The zero-order chi connectivity index (χ0) is 33.7. The number of ether oxygens (including phenoxy) is 1. The number of sulfonamides is 1. The molecule has 2 heterocycles. The third-order valence-corrected chi connectivity index (χ3v) is 12.9. The molecule has 2 aromatic carbocycles. The highest BCUT2D eigenvalue weighted by molar-refractivity contribution is 7.88. The Morgan fingerprint density at radius 2 is 1.75 bits per heavy atom. The summed E-state index contributed by atoms with van der Waals surface area (Å²) in [5.41, 5.74) is 3.28. The number of amides is 1. The summed E-state index contributed by atoms with van der Waals surface area (Å²) in [6.45, 7) is 3.16. The van der Waals surface area contributed by atoms with Crippen LogP contribution in [0.5, 0.6) is 5.75 Å². The average Bonchev–Trinajstić information content (AvgIpc) is 3.53. The number of benzene rings is 2. The van der Waals surface area contributed by atoms with Gasteiger partial charge in [-0.2, -0.15) is 0 Å². The Morgan fingerprint density at radius 3 is 2.46 bits per heavy atom. The number of carbonyl (C=O) groups excluding carboxylic acids is 1. The molecule has 9 heteroatoms. The Morgan fingerprint density at radius 1 is 1.00 bits per heavy atom. The summed E-state index contributed by atoms with van der Waals surface area (Å²) < 4.78 is 33.7. The van der Waals surface area contributed by atoms with E-state index in [-0.39, 0.29) is 30.0 Å². The predicted molar refractivity (Wildman–Crippen MR) is 190 cm³/mol. The third kappa shape index (κ3) is 8.82. The summed E-state index contributed by atoms with van der Waals surface area (Å²) in [5, 5.41) is 18.7. The SMILES string of the molecule is CCc1ccc2c(c1)C(NC[C@@H](O)[C@H](Cc1ccccc1)NC(=O)C1CC(CC3CCCCC3)CN(S(C)(=O)=O)C1)CC1(CCCC1)O2. The molecule has 2 saturated carbocycles. The van der Waals surface area contributed by atoms with Crippen molar-refractivity contribution in [2.24, 2.45) is 17.8 Å². The molecule has 8 nitrogen and oxygen atoms in total. The molecule has 2 aliphatic heterocycles. The lowest BCUT2D eigenvalue weighted by molar-refractivity contribution is -0.128. The summed E-state index contributed by atoms with van der Waals surface area (Å²) in [6.07, 6.45) is 14.9. The fourth-order valence-corrected chi connectivity index (χ4v) is 9.92. The molecule has 1 spiro atoms. The van der Waals surface area contributed by atoms with Gasteiger partial charge in [-0.25, -0.2) is 12.7 Å². The van der Waals surface area contributed by atoms with Gasteiger partial charge in [-0.1, -0.05) is 81.5 Å². The minimum atomic E-state index is -3.44. The fraction of sp³-hybridized carbons (Fsp3) is 0.667. The van der Waals surface area contributed by atoms with Crippen molar-refractivity contribution in [3.63, 3.8) is 0 Å². The standard InChI is InChI=1S/C39H57N3O5S/c1-3-28-16-17-37-33(22-28)35(24-39(47-37)18-10-11-19-39)40-25-36(43)34(23-30-14-8-5-9-15-30)41-38(44)32-21-31(20-29-12-6-4-7-13-29)26-42(27-32)48(2,45)46/h5,8-9,14-17,22,29,31-32,34-36,40,43H,3-4,6-7,10-13,18-21,23-27H2,1-2H3,(H,41,44)/t31?,32?,34-,35?,36+/m0/s1. The monoisotopic (exact) mass is 679 g/mol. The number of nitrogens with zero attached hydrogens (tertiary/aromatic N) is 1. The molecule has 2 aliphatic carbocycles. The zero-order valence-corrected chi connectivity index (χ0v) is 29.9. The van der Waals surface area contributed by atoms with Gasteiger partial charge in [-0.3, -0.25) is 4.79 Å². The molecular weight excluding hydrogens is 623 g/mol. The number of piperidine rings is 1. The Hall–Kier alpha value is -2.46. The van der Waals surface area contributed by atoms with Crippen LogP contribution in [0.15, 0.2) is 48.5 Å². The molecular formula is C39H57N3O5S. The molecule has 3 fully saturated rings. The Kier molecular flexibility index (Phi) is 11.5. The van der Waals surface area contributed by atoms with E-state index in [2.05, 4.69) is 35.8 Å². The molecule has 0 aromatic heterocycles. The van der Waals surface area contributed by atoms with E-state index in [4.69, 9.17) is 4.74 Å². The quantitative estimate of drug-likeness (QED) is 0.257. The van der Waals surface area contributed by atoms with Gasteiger partial charge in [0.25, 0.3) is 0 Å². The highest BCUT2D eigenvalue weighted by atomic mass is 32.2. The second-order valence-corrected chi connectivity index (χ2v) is 17.4. The molecule has 3 unspecified atom stereocenters. The number of aryl methyl sites for hydroxylation is 1. The summed E-state index contributed by atoms with van der Waals surface area (Å²) in [5.74, 6) is 1.11. The smallest absolute Gasteiger partial charge is 0.224 e. The third-order valence-electron chi connectivity index (χ3n) is 11.7. The van der Waals surface area contributed by atoms with Gasteiger partial charge in [0.2, 0.25) is 15.9 Å². The van der Waals surface area contributed by atoms with Crippen LogP contribution in [0.3, 0.4) is 0 Å². The molecule has 1 saturated heterocycles. The number of rotatable bonds is 12. The first-order chi connectivity index (χ1) is 23.1. The topological polar surface area (TPSA) is 108 Å². The average molecular weight is 680 g/mol. The Labute approximate surface area is 288 Å². The first-order valence-corrected chi connectivity index (χ1v) is 20.5. The lowest BCUT2D eigenvalue weighted by Crippen LogP contribution is -2.54. The minimum absolute atomic E-state index is 0.0447. The van der Waals surface area contributed by atoms with E-state index in [9.17, 15) is 18.3 Å². The largest absolute Gasteiger partial charge is 0.487 e. The number of fused-ring (bicyclic) bond motifs is 1. The van der Waals surface area contributed by atoms with Crippen LogP contribution in [0.1, 0.15) is 107 Å². The molecule has 1 amide bonds. The van der Waals surface area contributed by atoms with Gasteiger partial charge < -0.3 is 20.5 Å². The first kappa shape index (κ1) is 35.4. The van der Waals surface area contributed by atoms with Crippen molar-refractivity contribution in [2.75, 3.05) is 25.9 Å². The Balaban J connectivity index is 1.17. The van der Waals surface area contributed by atoms with Crippen LogP contribution in [-0.2, 0) is 27.7 Å². The van der Waals surface area contributed by atoms with E-state index in [1.165, 1.54) is 61.1 Å². The number of hydrogen-bond acceptors (Lipinski definition) is 6. The van der Waals surface area contributed by atoms with Crippen LogP contribution < -0.4 is 15.4 Å². The van der Waals surface area contributed by atoms with Gasteiger partial charge in [0.05, 0.1) is 24.3 Å². The maximum Gasteiger partial charge on any atom is 0.224 e. The summed E-state index contributed by atoms with van der Waals surface area (Å²) in [7, 11) is -3.44. The van der Waals surface area contributed by atoms with Crippen LogP contribution >= 0.6 is 0 Å². The van der Waals surface area contributed by atoms with Crippen molar-refractivity contribution < 1.29 is 23.1 Å². The van der Waals surface area contributed by atoms with Crippen molar-refractivity contribution in [1.29, 1.82) is 0 Å². The van der Waals surface area contributed by atoms with Gasteiger partial charge in [0.15, 0.2) is 0 Å². The molecule has 48 heavy (non-hydrogen) atoms. The lowest BCUT2D eigenvalue weighted by atomic mass is 9.78.